The summed E-state index contributed by atoms with van der Waals surface area (Å²) >= 11 is 5.74. The van der Waals surface area contributed by atoms with Crippen molar-refractivity contribution in [2.75, 3.05) is 26.1 Å². The second-order valence-electron chi connectivity index (χ2n) is 3.47. The van der Waals surface area contributed by atoms with Crippen molar-refractivity contribution < 1.29 is 9.53 Å². The molecular weight excluding hydrogens is 226 g/mol. The Labute approximate surface area is 100 Å². The second kappa shape index (κ2) is 5.56. The highest BCUT2D eigenvalue weighted by molar-refractivity contribution is 6.43. The average Bonchev–Trinajstić information content (AvgIpc) is 2.28. The van der Waals surface area contributed by atoms with Gasteiger partial charge in [0.1, 0.15) is 5.03 Å². The summed E-state index contributed by atoms with van der Waals surface area (Å²) in [6.45, 7) is 0. The summed E-state index contributed by atoms with van der Waals surface area (Å²) in [7, 11) is 5.23. The van der Waals surface area contributed by atoms with E-state index in [4.69, 9.17) is 11.6 Å². The Balaban J connectivity index is 2.87. The van der Waals surface area contributed by atoms with Crippen molar-refractivity contribution in [1.29, 1.82) is 0 Å². The van der Waals surface area contributed by atoms with Crippen LogP contribution in [0.4, 0.5) is 5.69 Å². The van der Waals surface area contributed by atoms with E-state index in [0.717, 1.165) is 11.3 Å². The van der Waals surface area contributed by atoms with Crippen LogP contribution in [0.3, 0.4) is 0 Å². The summed E-state index contributed by atoms with van der Waals surface area (Å²) in [5.74, 6) is -0.529. The summed E-state index contributed by atoms with van der Waals surface area (Å²) in [5, 5.41) is 0.0695. The van der Waals surface area contributed by atoms with E-state index in [-0.39, 0.29) is 5.03 Å². The van der Waals surface area contributed by atoms with E-state index in [1.54, 1.807) is 6.08 Å². The number of methoxy groups -OCH3 is 1. The molecule has 1 aromatic carbocycles. The van der Waals surface area contributed by atoms with Crippen LogP contribution >= 0.6 is 11.6 Å². The molecule has 0 saturated heterocycles. The second-order valence-corrected chi connectivity index (χ2v) is 3.88. The molecule has 3 nitrogen and oxygen atoms in total. The highest BCUT2D eigenvalue weighted by Gasteiger charge is 2.05. The van der Waals surface area contributed by atoms with Gasteiger partial charge >= 0.3 is 5.97 Å². The topological polar surface area (TPSA) is 29.5 Å². The maximum absolute atomic E-state index is 11.1. The lowest BCUT2D eigenvalue weighted by Gasteiger charge is -2.11. The van der Waals surface area contributed by atoms with E-state index in [0.29, 0.717) is 0 Å². The first kappa shape index (κ1) is 12.6. The monoisotopic (exact) mass is 239 g/mol. The van der Waals surface area contributed by atoms with Gasteiger partial charge < -0.3 is 9.64 Å². The highest BCUT2D eigenvalue weighted by Crippen LogP contribution is 2.16. The maximum Gasteiger partial charge on any atom is 0.349 e. The van der Waals surface area contributed by atoms with Crippen LogP contribution in [0.1, 0.15) is 5.56 Å². The fraction of sp³-hybridized carbons (Fsp3) is 0.250. The molecule has 0 amide bonds. The molecule has 0 unspecified atom stereocenters. The molecule has 1 rings (SSSR count). The van der Waals surface area contributed by atoms with Crippen molar-refractivity contribution in [2.45, 2.75) is 0 Å². The molecule has 0 aromatic heterocycles. The van der Waals surface area contributed by atoms with Crippen molar-refractivity contribution in [3.63, 3.8) is 0 Å². The fourth-order valence-corrected chi connectivity index (χ4v) is 1.37. The molecule has 1 aromatic rings. The number of anilines is 1. The van der Waals surface area contributed by atoms with Gasteiger partial charge in [-0.3, -0.25) is 0 Å². The minimum atomic E-state index is -0.529. The first-order valence-electron chi connectivity index (χ1n) is 4.77. The molecule has 0 saturated carbocycles. The molecule has 0 fully saturated rings. The number of esters is 1. The zero-order valence-corrected chi connectivity index (χ0v) is 10.3. The van der Waals surface area contributed by atoms with Crippen molar-refractivity contribution in [1.82, 2.24) is 0 Å². The Kier molecular flexibility index (Phi) is 4.38. The van der Waals surface area contributed by atoms with E-state index < -0.39 is 5.97 Å². The van der Waals surface area contributed by atoms with Crippen LogP contribution < -0.4 is 4.90 Å². The van der Waals surface area contributed by atoms with Crippen LogP contribution in [0, 0.1) is 0 Å². The van der Waals surface area contributed by atoms with E-state index in [1.807, 2.05) is 43.3 Å². The van der Waals surface area contributed by atoms with Gasteiger partial charge in [0.15, 0.2) is 0 Å². The van der Waals surface area contributed by atoms with Gasteiger partial charge in [-0.25, -0.2) is 4.79 Å². The van der Waals surface area contributed by atoms with Crippen LogP contribution in [-0.4, -0.2) is 27.2 Å². The maximum atomic E-state index is 11.1. The zero-order chi connectivity index (χ0) is 12.1. The standard InChI is InChI=1S/C12H14ClNO2/c1-14(2)10-6-4-9(5-7-10)8-11(13)12(15)16-3/h4-8H,1-3H3/b11-8-. The molecule has 0 atom stereocenters. The summed E-state index contributed by atoms with van der Waals surface area (Å²) in [6.07, 6.45) is 1.58. The normalized spacial score (nSPS) is 11.1. The van der Waals surface area contributed by atoms with E-state index in [9.17, 15) is 4.79 Å². The third-order valence-corrected chi connectivity index (χ3v) is 2.35. The number of hydrogen-bond acceptors (Lipinski definition) is 3. The van der Waals surface area contributed by atoms with Crippen molar-refractivity contribution in [3.05, 3.63) is 34.9 Å². The highest BCUT2D eigenvalue weighted by atomic mass is 35.5. The number of benzene rings is 1. The lowest BCUT2D eigenvalue weighted by molar-refractivity contribution is -0.135. The molecule has 0 aliphatic rings. The van der Waals surface area contributed by atoms with Gasteiger partial charge in [-0.1, -0.05) is 23.7 Å². The first-order chi connectivity index (χ1) is 7.54. The molecule has 0 heterocycles. The van der Waals surface area contributed by atoms with E-state index in [2.05, 4.69) is 4.74 Å². The number of hydrogen-bond donors (Lipinski definition) is 0. The number of rotatable bonds is 3. The summed E-state index contributed by atoms with van der Waals surface area (Å²) in [6, 6.07) is 7.68. The SMILES string of the molecule is COC(=O)/C(Cl)=C/c1ccc(N(C)C)cc1. The largest absolute Gasteiger partial charge is 0.465 e. The molecule has 0 bridgehead atoms. The predicted octanol–water partition coefficient (Wildman–Crippen LogP) is 2.51. The molecule has 16 heavy (non-hydrogen) atoms. The molecule has 0 aliphatic heterocycles. The van der Waals surface area contributed by atoms with Gasteiger partial charge in [0.25, 0.3) is 0 Å². The molecular formula is C12H14ClNO2. The van der Waals surface area contributed by atoms with Gasteiger partial charge in [-0.05, 0) is 23.8 Å². The first-order valence-corrected chi connectivity index (χ1v) is 5.15. The van der Waals surface area contributed by atoms with Gasteiger partial charge in [0, 0.05) is 19.8 Å². The van der Waals surface area contributed by atoms with E-state index >= 15 is 0 Å². The van der Waals surface area contributed by atoms with E-state index in [1.165, 1.54) is 7.11 Å². The fourth-order valence-electron chi connectivity index (χ4n) is 1.17. The number of nitrogens with zero attached hydrogens (tertiary/aromatic N) is 1. The number of carbonyl (C=O) groups excluding carboxylic acids is 1. The smallest absolute Gasteiger partial charge is 0.349 e. The minimum Gasteiger partial charge on any atom is -0.465 e. The van der Waals surface area contributed by atoms with Crippen molar-refractivity contribution in [2.24, 2.45) is 0 Å². The Bertz CT molecular complexity index is 396. The molecule has 0 N–H and O–H groups in total. The molecule has 0 spiro atoms. The third-order valence-electron chi connectivity index (χ3n) is 2.08. The Hall–Kier alpha value is -1.48. The number of halogens is 1. The number of carbonyl (C=O) groups is 1. The molecule has 86 valence electrons. The van der Waals surface area contributed by atoms with Crippen molar-refractivity contribution in [3.8, 4) is 0 Å². The lowest BCUT2D eigenvalue weighted by Crippen LogP contribution is -2.07. The lowest BCUT2D eigenvalue weighted by atomic mass is 10.2. The molecule has 0 aliphatic carbocycles. The summed E-state index contributed by atoms with van der Waals surface area (Å²) in [4.78, 5) is 13.1. The Morgan fingerprint density at radius 3 is 2.31 bits per heavy atom. The van der Waals surface area contributed by atoms with Gasteiger partial charge in [-0.15, -0.1) is 0 Å². The molecule has 4 heteroatoms. The quantitative estimate of drug-likeness (QED) is 0.600. The molecule has 0 radical (unpaired) electrons. The summed E-state index contributed by atoms with van der Waals surface area (Å²) in [5.41, 5.74) is 1.95. The third kappa shape index (κ3) is 3.28. The van der Waals surface area contributed by atoms with Crippen LogP contribution in [0.5, 0.6) is 0 Å². The van der Waals surface area contributed by atoms with Crippen LogP contribution in [0.2, 0.25) is 0 Å². The summed E-state index contributed by atoms with van der Waals surface area (Å²) < 4.78 is 4.50. The minimum absolute atomic E-state index is 0.0695. The number of ether oxygens (including phenoxy) is 1. The van der Waals surface area contributed by atoms with Crippen LogP contribution in [0.25, 0.3) is 6.08 Å². The van der Waals surface area contributed by atoms with Gasteiger partial charge in [0.2, 0.25) is 0 Å². The van der Waals surface area contributed by atoms with Gasteiger partial charge in [0.05, 0.1) is 7.11 Å². The predicted molar refractivity (Wildman–Crippen MR) is 66.6 cm³/mol. The Morgan fingerprint density at radius 2 is 1.88 bits per heavy atom. The van der Waals surface area contributed by atoms with Crippen LogP contribution in [-0.2, 0) is 9.53 Å². The zero-order valence-electron chi connectivity index (χ0n) is 9.53. The van der Waals surface area contributed by atoms with Crippen molar-refractivity contribution >= 4 is 29.3 Å². The average molecular weight is 240 g/mol. The van der Waals surface area contributed by atoms with Crippen LogP contribution in [0.15, 0.2) is 29.3 Å². The van der Waals surface area contributed by atoms with Gasteiger partial charge in [-0.2, -0.15) is 0 Å². The Morgan fingerprint density at radius 1 is 1.31 bits per heavy atom.